The van der Waals surface area contributed by atoms with Crippen LogP contribution >= 0.6 is 0 Å². The van der Waals surface area contributed by atoms with Crippen LogP contribution in [0.2, 0.25) is 0 Å². The maximum absolute atomic E-state index is 9.75. The van der Waals surface area contributed by atoms with Gasteiger partial charge in [0.2, 0.25) is 0 Å². The molecule has 0 saturated heterocycles. The van der Waals surface area contributed by atoms with Crippen molar-refractivity contribution in [2.75, 3.05) is 0 Å². The standard InChI is InChI=1S/CH4N2O.BF4.ClH/c2-1(3)4;2-1(3,4)5;/h(H4,2,3,4);;1H/q;-1;. The third-order valence-electron chi connectivity index (χ3n) is 0. The lowest BCUT2D eigenvalue weighted by molar-refractivity contribution is -0.245. The topological polar surface area (TPSA) is 70.7 Å². The molecule has 10 heavy (non-hydrogen) atoms. The Hall–Kier alpha value is -0.495. The number of quaternary nitrogens is 1. The van der Waals surface area contributed by atoms with Crippen LogP contribution in [0.25, 0.3) is 0 Å². The van der Waals surface area contributed by atoms with E-state index in [1.807, 2.05) is 0 Å². The van der Waals surface area contributed by atoms with Gasteiger partial charge in [-0.3, -0.25) is 5.73 Å². The molecule has 0 aliphatic rings. The monoisotopic (exact) mass is 183 g/mol. The molecular weight excluding hydrogens is 178 g/mol. The van der Waals surface area contributed by atoms with E-state index in [0.717, 1.165) is 0 Å². The first kappa shape index (κ1) is 16.2. The lowest BCUT2D eigenvalue weighted by Crippen LogP contribution is -3.00. The molecule has 0 spiro atoms. The van der Waals surface area contributed by atoms with Gasteiger partial charge in [0.15, 0.2) is 0 Å². The highest BCUT2D eigenvalue weighted by Crippen LogP contribution is 2.06. The summed E-state index contributed by atoms with van der Waals surface area (Å²) in [6.45, 7) is 0. The van der Waals surface area contributed by atoms with Gasteiger partial charge < -0.3 is 35.4 Å². The zero-order valence-electron chi connectivity index (χ0n) is 4.66. The normalized spacial score (nSPS) is 8.50. The van der Waals surface area contributed by atoms with Crippen LogP contribution in [0.5, 0.6) is 0 Å². The second-order valence-corrected chi connectivity index (χ2v) is 0.961. The molecule has 0 saturated carbocycles. The molecule has 64 valence electrons. The van der Waals surface area contributed by atoms with Crippen LogP contribution in [0.15, 0.2) is 0 Å². The van der Waals surface area contributed by atoms with Crippen LogP contribution in [0.1, 0.15) is 0 Å². The minimum absolute atomic E-state index is 0. The second-order valence-electron chi connectivity index (χ2n) is 0.961. The molecule has 0 aliphatic carbocycles. The fourth-order valence-electron chi connectivity index (χ4n) is 0. The predicted octanol–water partition coefficient (Wildman–Crippen LogP) is -3.39. The summed E-state index contributed by atoms with van der Waals surface area (Å²) in [6.07, 6.45) is 0. The van der Waals surface area contributed by atoms with Crippen LogP contribution in [0.4, 0.5) is 22.1 Å². The van der Waals surface area contributed by atoms with E-state index in [1.54, 1.807) is 0 Å². The molecular formula is CH5BClF4N2O-. The third-order valence-corrected chi connectivity index (χ3v) is 0. The van der Waals surface area contributed by atoms with Crippen LogP contribution in [0.3, 0.4) is 0 Å². The van der Waals surface area contributed by atoms with E-state index in [1.165, 1.54) is 0 Å². The lowest BCUT2D eigenvalue weighted by atomic mass is 10.3. The minimum Gasteiger partial charge on any atom is -1.00 e. The maximum Gasteiger partial charge on any atom is 0.673 e. The van der Waals surface area contributed by atoms with Gasteiger partial charge in [-0.15, -0.1) is 0 Å². The van der Waals surface area contributed by atoms with E-state index in [9.17, 15) is 17.3 Å². The summed E-state index contributed by atoms with van der Waals surface area (Å²) in [5.41, 5.74) is 7.14. The largest absolute Gasteiger partial charge is 1.00 e. The van der Waals surface area contributed by atoms with Crippen molar-refractivity contribution in [2.45, 2.75) is 0 Å². The number of halogens is 5. The Morgan fingerprint density at radius 1 is 1.30 bits per heavy atom. The van der Waals surface area contributed by atoms with Crippen molar-refractivity contribution >= 4 is 13.3 Å². The number of rotatable bonds is 0. The first-order valence-corrected chi connectivity index (χ1v) is 1.72. The average Bonchev–Trinajstić information content (AvgIpc) is 1.19. The number of hydrogen-bond donors (Lipinski definition) is 2. The number of carbonyl (C=O) groups is 1. The summed E-state index contributed by atoms with van der Waals surface area (Å²) in [6, 6.07) is -0.583. The highest BCUT2D eigenvalue weighted by molar-refractivity contribution is 6.50. The van der Waals surface area contributed by atoms with Crippen LogP contribution in [-0.4, -0.2) is 13.3 Å². The van der Waals surface area contributed by atoms with Crippen molar-refractivity contribution in [1.82, 2.24) is 0 Å². The van der Waals surface area contributed by atoms with Crippen molar-refractivity contribution in [3.63, 3.8) is 0 Å². The quantitative estimate of drug-likeness (QED) is 0.298. The molecule has 0 rings (SSSR count). The molecule has 0 bridgehead atoms. The van der Waals surface area contributed by atoms with E-state index < -0.39 is 13.3 Å². The van der Waals surface area contributed by atoms with Crippen molar-refractivity contribution in [1.29, 1.82) is 0 Å². The van der Waals surface area contributed by atoms with Gasteiger partial charge in [0.1, 0.15) is 0 Å². The average molecular weight is 183 g/mol. The predicted molar refractivity (Wildman–Crippen MR) is 22.7 cm³/mol. The first-order chi connectivity index (χ1) is 3.73. The molecule has 0 aliphatic heterocycles. The van der Waals surface area contributed by atoms with Gasteiger partial charge in [-0.1, -0.05) is 0 Å². The molecule has 9 heteroatoms. The van der Waals surface area contributed by atoms with E-state index in [0.29, 0.717) is 0 Å². The van der Waals surface area contributed by atoms with Crippen molar-refractivity contribution < 1.29 is 40.2 Å². The Balaban J connectivity index is -0.0000000910. The van der Waals surface area contributed by atoms with Gasteiger partial charge in [-0.2, -0.15) is 0 Å². The van der Waals surface area contributed by atoms with Gasteiger partial charge in [0.25, 0.3) is 0 Å². The van der Waals surface area contributed by atoms with Crippen molar-refractivity contribution in [3.05, 3.63) is 0 Å². The smallest absolute Gasteiger partial charge is 0.673 e. The van der Waals surface area contributed by atoms with Crippen LogP contribution < -0.4 is 23.9 Å². The van der Waals surface area contributed by atoms with Gasteiger partial charge in [0, 0.05) is 0 Å². The summed E-state index contributed by atoms with van der Waals surface area (Å²) in [7, 11) is -6.00. The SMILES string of the molecule is F[B-](F)(F)F.NC([NH3+])=O.[Cl-]. The Kier molecular flexibility index (Phi) is 10.8. The molecule has 0 fully saturated rings. The zero-order valence-corrected chi connectivity index (χ0v) is 5.42. The van der Waals surface area contributed by atoms with E-state index in [-0.39, 0.29) is 12.4 Å². The third kappa shape index (κ3) is 1300. The highest BCUT2D eigenvalue weighted by atomic mass is 35.5. The van der Waals surface area contributed by atoms with Crippen LogP contribution in [-0.2, 0) is 0 Å². The van der Waals surface area contributed by atoms with Gasteiger partial charge >= 0.3 is 13.3 Å². The number of nitrogens with two attached hydrogens (primary N) is 1. The maximum atomic E-state index is 9.75. The highest BCUT2D eigenvalue weighted by Gasteiger charge is 2.20. The molecule has 0 unspecified atom stereocenters. The zero-order chi connectivity index (χ0) is 8.08. The van der Waals surface area contributed by atoms with E-state index in [2.05, 4.69) is 11.5 Å². The minimum atomic E-state index is -6.00. The molecule has 0 heterocycles. The Morgan fingerprint density at radius 3 is 1.30 bits per heavy atom. The second kappa shape index (κ2) is 6.62. The lowest BCUT2D eigenvalue weighted by Gasteiger charge is -1.94. The summed E-state index contributed by atoms with van der Waals surface area (Å²) < 4.78 is 39.0. The molecule has 0 atom stereocenters. The number of primary amides is 1. The van der Waals surface area contributed by atoms with Crippen molar-refractivity contribution in [3.8, 4) is 0 Å². The van der Waals surface area contributed by atoms with Gasteiger partial charge in [-0.05, 0) is 0 Å². The Bertz CT molecular complexity index is 85.7. The molecule has 0 aromatic heterocycles. The summed E-state index contributed by atoms with van der Waals surface area (Å²) in [4.78, 5) is 9.11. The number of urea groups is 1. The summed E-state index contributed by atoms with van der Waals surface area (Å²) in [5, 5.41) is 0. The van der Waals surface area contributed by atoms with E-state index >= 15 is 0 Å². The molecule has 2 amide bonds. The molecule has 0 aromatic rings. The molecule has 0 aromatic carbocycles. The Labute approximate surface area is 60.3 Å². The fraction of sp³-hybridized carbons (Fsp3) is 0. The Morgan fingerprint density at radius 2 is 1.30 bits per heavy atom. The van der Waals surface area contributed by atoms with E-state index in [4.69, 9.17) is 4.79 Å². The van der Waals surface area contributed by atoms with Gasteiger partial charge in [-0.25, -0.2) is 4.79 Å². The number of amides is 2. The number of carbonyl (C=O) groups excluding carboxylic acids is 1. The first-order valence-electron chi connectivity index (χ1n) is 1.72. The fourth-order valence-corrected chi connectivity index (χ4v) is 0. The number of hydrogen-bond acceptors (Lipinski definition) is 1. The van der Waals surface area contributed by atoms with Crippen LogP contribution in [0, 0.1) is 0 Å². The molecule has 3 nitrogen and oxygen atoms in total. The summed E-state index contributed by atoms with van der Waals surface area (Å²) >= 11 is 0. The molecule has 0 radical (unpaired) electrons. The summed E-state index contributed by atoms with van der Waals surface area (Å²) in [5.74, 6) is 0. The molecule has 5 N–H and O–H groups in total. The van der Waals surface area contributed by atoms with Gasteiger partial charge in [0.05, 0.1) is 0 Å². The van der Waals surface area contributed by atoms with Crippen molar-refractivity contribution in [2.24, 2.45) is 5.73 Å².